The Morgan fingerprint density at radius 3 is 1.28 bits per heavy atom. The molecule has 5 atom stereocenters. The number of esters is 4. The van der Waals surface area contributed by atoms with Gasteiger partial charge < -0.3 is 28.8 Å². The summed E-state index contributed by atoms with van der Waals surface area (Å²) in [5.74, 6) is -2.57. The van der Waals surface area contributed by atoms with Crippen LogP contribution in [0.2, 0.25) is 0 Å². The number of rotatable bonds is 5. The first kappa shape index (κ1) is 31.8. The average molecular weight is 517 g/mol. The lowest BCUT2D eigenvalue weighted by atomic mass is 9.93. The van der Waals surface area contributed by atoms with Crippen molar-refractivity contribution in [3.8, 4) is 0 Å². The van der Waals surface area contributed by atoms with E-state index in [0.29, 0.717) is 0 Å². The molecule has 10 nitrogen and oxygen atoms in total. The molecule has 1 rings (SSSR count). The summed E-state index contributed by atoms with van der Waals surface area (Å²) >= 11 is 0. The molecule has 0 aromatic heterocycles. The van der Waals surface area contributed by atoms with Crippen molar-refractivity contribution in [2.75, 3.05) is 6.61 Å². The zero-order chi connectivity index (χ0) is 28.4. The zero-order valence-electron chi connectivity index (χ0n) is 23.7. The predicted octanol–water partition coefficient (Wildman–Crippen LogP) is 3.17. The Bertz CT molecular complexity index is 820. The Hall–Kier alpha value is -2.20. The molecule has 1 aliphatic rings. The normalized spacial score (nSPS) is 25.5. The van der Waals surface area contributed by atoms with E-state index in [2.05, 4.69) is 0 Å². The van der Waals surface area contributed by atoms with Crippen LogP contribution in [0.15, 0.2) is 0 Å². The van der Waals surface area contributed by atoms with E-state index in [-0.39, 0.29) is 0 Å². The van der Waals surface area contributed by atoms with E-state index in [1.165, 1.54) is 0 Å². The number of hydrogen-bond acceptors (Lipinski definition) is 10. The third kappa shape index (κ3) is 8.73. The molecule has 0 amide bonds. The maximum absolute atomic E-state index is 12.9. The van der Waals surface area contributed by atoms with E-state index in [4.69, 9.17) is 23.7 Å². The molecule has 0 aromatic rings. The number of aliphatic hydroxyl groups is 1. The third-order valence-corrected chi connectivity index (χ3v) is 5.17. The monoisotopic (exact) mass is 516 g/mol. The van der Waals surface area contributed by atoms with Crippen molar-refractivity contribution in [1.82, 2.24) is 0 Å². The maximum atomic E-state index is 12.9. The summed E-state index contributed by atoms with van der Waals surface area (Å²) in [6.45, 7) is 19.2. The van der Waals surface area contributed by atoms with Crippen LogP contribution in [0, 0.1) is 21.7 Å². The highest BCUT2D eigenvalue weighted by Gasteiger charge is 2.54. The van der Waals surface area contributed by atoms with E-state index >= 15 is 0 Å². The lowest BCUT2D eigenvalue weighted by Crippen LogP contribution is -2.63. The summed E-state index contributed by atoms with van der Waals surface area (Å²) in [5, 5.41) is 10.8. The van der Waals surface area contributed by atoms with Gasteiger partial charge in [0.2, 0.25) is 0 Å². The van der Waals surface area contributed by atoms with Crippen LogP contribution in [-0.2, 0) is 42.9 Å². The second-order valence-electron chi connectivity index (χ2n) is 13.3. The number of carbonyl (C=O) groups is 4. The zero-order valence-corrected chi connectivity index (χ0v) is 23.7. The summed E-state index contributed by atoms with van der Waals surface area (Å²) in [5.41, 5.74) is -3.68. The summed E-state index contributed by atoms with van der Waals surface area (Å²) in [6, 6.07) is 0. The van der Waals surface area contributed by atoms with Crippen LogP contribution in [0.5, 0.6) is 0 Å². The second kappa shape index (κ2) is 11.0. The van der Waals surface area contributed by atoms with Gasteiger partial charge in [0, 0.05) is 0 Å². The van der Waals surface area contributed by atoms with Gasteiger partial charge in [0.05, 0.1) is 21.7 Å². The van der Waals surface area contributed by atoms with E-state index in [9.17, 15) is 24.3 Å². The van der Waals surface area contributed by atoms with Gasteiger partial charge in [-0.05, 0) is 83.1 Å². The highest BCUT2D eigenvalue weighted by Crippen LogP contribution is 2.33. The van der Waals surface area contributed by atoms with Gasteiger partial charge in [-0.25, -0.2) is 0 Å². The lowest BCUT2D eigenvalue weighted by molar-refractivity contribution is -0.300. The van der Waals surface area contributed by atoms with Gasteiger partial charge in [-0.3, -0.25) is 19.2 Å². The Labute approximate surface area is 214 Å². The Kier molecular flexibility index (Phi) is 9.77. The highest BCUT2D eigenvalue weighted by molar-refractivity contribution is 5.78. The van der Waals surface area contributed by atoms with Crippen molar-refractivity contribution in [3.63, 3.8) is 0 Å². The molecule has 0 bridgehead atoms. The Balaban J connectivity index is 3.50. The van der Waals surface area contributed by atoms with E-state index in [0.717, 1.165) is 0 Å². The van der Waals surface area contributed by atoms with Gasteiger partial charge in [0.15, 0.2) is 24.6 Å². The lowest BCUT2D eigenvalue weighted by Gasteiger charge is -2.44. The second-order valence-corrected chi connectivity index (χ2v) is 13.3. The van der Waals surface area contributed by atoms with Crippen molar-refractivity contribution >= 4 is 23.9 Å². The van der Waals surface area contributed by atoms with Crippen molar-refractivity contribution in [2.24, 2.45) is 21.7 Å². The molecule has 1 heterocycles. The number of aliphatic hydroxyl groups excluding tert-OH is 1. The largest absolute Gasteiger partial charge is 0.462 e. The SMILES string of the molecule is CC(C)(C)C(=O)OC[C@@H]1O[C@@H](O)[C@@H](OC(=O)C(C)(C)C)[C@H](OC(=O)C(C)(C)C)[C@@H]1OC(=O)C(C)(C)C. The molecule has 1 saturated heterocycles. The molecule has 208 valence electrons. The fourth-order valence-corrected chi connectivity index (χ4v) is 2.71. The molecule has 0 aromatic carbocycles. The molecular formula is C26H44O10. The van der Waals surface area contributed by atoms with Crippen LogP contribution in [0.1, 0.15) is 83.1 Å². The molecule has 1 N–H and O–H groups in total. The fourth-order valence-electron chi connectivity index (χ4n) is 2.71. The van der Waals surface area contributed by atoms with Crippen LogP contribution < -0.4 is 0 Å². The first-order valence-electron chi connectivity index (χ1n) is 12.1. The standard InChI is InChI=1S/C26H44O10/c1-23(2,3)19(28)32-13-14-15(34-20(29)24(4,5)6)16(35-21(30)25(7,8)9)17(18(27)33-14)36-22(31)26(10,11)12/h14-18,27H,13H2,1-12H3/t14-,15+,16+,17-,18+/m0/s1. The third-order valence-electron chi connectivity index (χ3n) is 5.17. The van der Waals surface area contributed by atoms with Crippen molar-refractivity contribution < 1.29 is 48.0 Å². The van der Waals surface area contributed by atoms with Gasteiger partial charge in [-0.15, -0.1) is 0 Å². The first-order valence-corrected chi connectivity index (χ1v) is 12.1. The first-order chi connectivity index (χ1) is 16.0. The summed E-state index contributed by atoms with van der Waals surface area (Å²) in [4.78, 5) is 50.8. The minimum absolute atomic E-state index is 0.404. The molecule has 0 saturated carbocycles. The average Bonchev–Trinajstić information content (AvgIpc) is 2.67. The topological polar surface area (TPSA) is 135 Å². The van der Waals surface area contributed by atoms with Gasteiger partial charge in [-0.2, -0.15) is 0 Å². The molecular weight excluding hydrogens is 472 g/mol. The molecule has 36 heavy (non-hydrogen) atoms. The van der Waals surface area contributed by atoms with Crippen LogP contribution in [0.3, 0.4) is 0 Å². The minimum Gasteiger partial charge on any atom is -0.462 e. The maximum Gasteiger partial charge on any atom is 0.311 e. The molecule has 0 unspecified atom stereocenters. The molecule has 10 heteroatoms. The molecule has 0 spiro atoms. The summed E-state index contributed by atoms with van der Waals surface area (Å²) in [6.07, 6.45) is -7.25. The number of ether oxygens (including phenoxy) is 5. The van der Waals surface area contributed by atoms with Gasteiger partial charge in [-0.1, -0.05) is 0 Å². The predicted molar refractivity (Wildman–Crippen MR) is 129 cm³/mol. The quantitative estimate of drug-likeness (QED) is 0.429. The van der Waals surface area contributed by atoms with Crippen molar-refractivity contribution in [3.05, 3.63) is 0 Å². The van der Waals surface area contributed by atoms with Crippen LogP contribution in [0.25, 0.3) is 0 Å². The van der Waals surface area contributed by atoms with Crippen molar-refractivity contribution in [1.29, 1.82) is 0 Å². The molecule has 1 aliphatic heterocycles. The number of carbonyl (C=O) groups excluding carboxylic acids is 4. The molecule has 0 radical (unpaired) electrons. The molecule has 0 aliphatic carbocycles. The van der Waals surface area contributed by atoms with Crippen LogP contribution >= 0.6 is 0 Å². The molecule has 1 fully saturated rings. The van der Waals surface area contributed by atoms with Crippen LogP contribution in [0.4, 0.5) is 0 Å². The van der Waals surface area contributed by atoms with Gasteiger partial charge >= 0.3 is 23.9 Å². The van der Waals surface area contributed by atoms with Crippen LogP contribution in [-0.4, -0.2) is 66.3 Å². The Morgan fingerprint density at radius 2 is 0.917 bits per heavy atom. The van der Waals surface area contributed by atoms with Gasteiger partial charge in [0.1, 0.15) is 12.7 Å². The Morgan fingerprint density at radius 1 is 0.583 bits per heavy atom. The van der Waals surface area contributed by atoms with E-state index in [1.54, 1.807) is 83.1 Å². The minimum atomic E-state index is -1.75. The highest BCUT2D eigenvalue weighted by atomic mass is 16.7. The summed E-state index contributed by atoms with van der Waals surface area (Å²) in [7, 11) is 0. The van der Waals surface area contributed by atoms with E-state index in [1.807, 2.05) is 0 Å². The fraction of sp³-hybridized carbons (Fsp3) is 0.846. The smallest absolute Gasteiger partial charge is 0.311 e. The van der Waals surface area contributed by atoms with Gasteiger partial charge in [0.25, 0.3) is 0 Å². The summed E-state index contributed by atoms with van der Waals surface area (Å²) < 4.78 is 28.0. The van der Waals surface area contributed by atoms with E-state index < -0.39 is 82.8 Å². The van der Waals surface area contributed by atoms with Crippen molar-refractivity contribution in [2.45, 2.75) is 114 Å². The number of hydrogen-bond donors (Lipinski definition) is 1.